The maximum atomic E-state index is 12.4. The largest absolute Gasteiger partial charge is 0.466 e. The van der Waals surface area contributed by atoms with Gasteiger partial charge in [-0.15, -0.1) is 0 Å². The van der Waals surface area contributed by atoms with E-state index >= 15 is 0 Å². The first-order chi connectivity index (χ1) is 14.4. The number of aliphatic imine (C=N–C) groups is 1. The summed E-state index contributed by atoms with van der Waals surface area (Å²) in [6, 6.07) is 13.2. The molecule has 0 fully saturated rings. The Morgan fingerprint density at radius 1 is 1.23 bits per heavy atom. The molecule has 8 heteroatoms. The van der Waals surface area contributed by atoms with Crippen molar-refractivity contribution in [3.63, 3.8) is 0 Å². The molecule has 2 aromatic carbocycles. The average molecular weight is 488 g/mol. The lowest BCUT2D eigenvalue weighted by Gasteiger charge is -2.10. The highest BCUT2D eigenvalue weighted by Gasteiger charge is 2.15. The lowest BCUT2D eigenvalue weighted by molar-refractivity contribution is -0.142. The number of carbonyl (C=O) groups excluding carboxylic acids is 2. The Morgan fingerprint density at radius 2 is 2.03 bits per heavy atom. The highest BCUT2D eigenvalue weighted by molar-refractivity contribution is 9.10. The van der Waals surface area contributed by atoms with Crippen LogP contribution in [0.1, 0.15) is 18.9 Å². The minimum atomic E-state index is -0.316. The van der Waals surface area contributed by atoms with E-state index in [1.807, 2.05) is 49.4 Å². The second kappa shape index (κ2) is 10.4. The van der Waals surface area contributed by atoms with Crippen molar-refractivity contribution >= 4 is 61.7 Å². The molecule has 1 aliphatic heterocycles. The van der Waals surface area contributed by atoms with E-state index in [1.165, 1.54) is 11.8 Å². The van der Waals surface area contributed by atoms with Crippen molar-refractivity contribution in [1.82, 2.24) is 0 Å². The van der Waals surface area contributed by atoms with E-state index in [9.17, 15) is 9.59 Å². The zero-order chi connectivity index (χ0) is 21.5. The van der Waals surface area contributed by atoms with Crippen molar-refractivity contribution in [1.29, 1.82) is 0 Å². The van der Waals surface area contributed by atoms with E-state index in [1.54, 1.807) is 13.0 Å². The monoisotopic (exact) mass is 487 g/mol. The summed E-state index contributed by atoms with van der Waals surface area (Å²) in [6.07, 6.45) is 1.89. The topological polar surface area (TPSA) is 79.8 Å². The van der Waals surface area contributed by atoms with Crippen LogP contribution in [0.3, 0.4) is 0 Å². The molecule has 2 N–H and O–H groups in total. The number of nitrogens with one attached hydrogen (secondary N) is 2. The van der Waals surface area contributed by atoms with Crippen molar-refractivity contribution in [3.05, 3.63) is 64.3 Å². The number of para-hydroxylation sites is 2. The molecule has 1 aliphatic rings. The fraction of sp³-hybridized carbons (Fsp3) is 0.227. The van der Waals surface area contributed by atoms with Crippen molar-refractivity contribution in [2.45, 2.75) is 20.3 Å². The Hall–Kier alpha value is -2.58. The van der Waals surface area contributed by atoms with Gasteiger partial charge in [-0.2, -0.15) is 0 Å². The molecule has 0 spiro atoms. The van der Waals surface area contributed by atoms with Gasteiger partial charge in [0.05, 0.1) is 35.2 Å². The van der Waals surface area contributed by atoms with Gasteiger partial charge < -0.3 is 15.4 Å². The smallest absolute Gasteiger partial charge is 0.311 e. The molecular weight excluding hydrogens is 466 g/mol. The summed E-state index contributed by atoms with van der Waals surface area (Å²) in [6.45, 7) is 4.07. The van der Waals surface area contributed by atoms with E-state index in [0.29, 0.717) is 17.3 Å². The van der Waals surface area contributed by atoms with Gasteiger partial charge >= 0.3 is 5.97 Å². The number of hydrogen-bond acceptors (Lipinski definition) is 6. The molecule has 1 heterocycles. The average Bonchev–Trinajstić information content (AvgIpc) is 2.88. The van der Waals surface area contributed by atoms with Gasteiger partial charge in [0, 0.05) is 15.9 Å². The quantitative estimate of drug-likeness (QED) is 0.531. The van der Waals surface area contributed by atoms with Crippen molar-refractivity contribution in [3.8, 4) is 0 Å². The number of anilines is 2. The fourth-order valence-electron chi connectivity index (χ4n) is 2.78. The van der Waals surface area contributed by atoms with Gasteiger partial charge in [0.15, 0.2) is 0 Å². The third-order valence-corrected chi connectivity index (χ3v) is 5.96. The van der Waals surface area contributed by atoms with Crippen molar-refractivity contribution < 1.29 is 14.3 Å². The predicted molar refractivity (Wildman–Crippen MR) is 126 cm³/mol. The van der Waals surface area contributed by atoms with Crippen molar-refractivity contribution in [2.24, 2.45) is 4.99 Å². The summed E-state index contributed by atoms with van der Waals surface area (Å²) in [5.74, 6) is -0.252. The third kappa shape index (κ3) is 6.21. The minimum absolute atomic E-state index is 0.103. The van der Waals surface area contributed by atoms with Gasteiger partial charge in [-0.05, 0) is 55.8 Å². The Labute approximate surface area is 188 Å². The number of fused-ring (bicyclic) bond motifs is 1. The van der Waals surface area contributed by atoms with E-state index in [0.717, 1.165) is 27.1 Å². The Kier molecular flexibility index (Phi) is 7.70. The van der Waals surface area contributed by atoms with Crippen LogP contribution in [-0.2, 0) is 14.3 Å². The highest BCUT2D eigenvalue weighted by atomic mass is 79.9. The first kappa shape index (κ1) is 22.1. The molecule has 3 rings (SSSR count). The molecule has 0 saturated heterocycles. The van der Waals surface area contributed by atoms with E-state index in [4.69, 9.17) is 4.74 Å². The van der Waals surface area contributed by atoms with Crippen LogP contribution < -0.4 is 10.6 Å². The van der Waals surface area contributed by atoms with Gasteiger partial charge in [0.25, 0.3) is 0 Å². The number of hydrogen-bond donors (Lipinski definition) is 2. The molecular formula is C22H22BrN3O3S. The van der Waals surface area contributed by atoms with Crippen LogP contribution in [-0.4, -0.2) is 29.3 Å². The van der Waals surface area contributed by atoms with Crippen LogP contribution in [0.25, 0.3) is 0 Å². The standard InChI is InChI=1S/C22H22BrN3O3S/c1-3-29-22(28)12-16-11-21(26-19-7-5-4-6-18(19)24-16)30-13-20(27)25-15-8-9-17(23)14(2)10-15/h4-11,24H,3,12-13H2,1-2H3,(H,25,27). The van der Waals surface area contributed by atoms with Gasteiger partial charge in [-0.3, -0.25) is 9.59 Å². The van der Waals surface area contributed by atoms with Crippen LogP contribution in [0.2, 0.25) is 0 Å². The molecule has 0 atom stereocenters. The number of thioether (sulfide) groups is 1. The second-order valence-electron chi connectivity index (χ2n) is 6.54. The molecule has 0 radical (unpaired) electrons. The summed E-state index contributed by atoms with van der Waals surface area (Å²) in [4.78, 5) is 29.0. The second-order valence-corrected chi connectivity index (χ2v) is 8.39. The Balaban J connectivity index is 1.71. The first-order valence-corrected chi connectivity index (χ1v) is 11.2. The van der Waals surface area contributed by atoms with Gasteiger partial charge in [0.2, 0.25) is 5.91 Å². The van der Waals surface area contributed by atoms with Crippen LogP contribution in [0, 0.1) is 6.92 Å². The highest BCUT2D eigenvalue weighted by Crippen LogP contribution is 2.31. The Bertz CT molecular complexity index is 1020. The predicted octanol–water partition coefficient (Wildman–Crippen LogP) is 5.42. The molecule has 30 heavy (non-hydrogen) atoms. The normalized spacial score (nSPS) is 12.6. The molecule has 0 aliphatic carbocycles. The number of carbonyl (C=O) groups is 2. The number of ether oxygens (including phenoxy) is 1. The molecule has 0 saturated carbocycles. The van der Waals surface area contributed by atoms with Crippen LogP contribution in [0.4, 0.5) is 17.1 Å². The molecule has 1 amide bonds. The zero-order valence-electron chi connectivity index (χ0n) is 16.7. The number of esters is 1. The minimum Gasteiger partial charge on any atom is -0.466 e. The first-order valence-electron chi connectivity index (χ1n) is 9.44. The lowest BCUT2D eigenvalue weighted by Crippen LogP contribution is -2.15. The molecule has 6 nitrogen and oxygen atoms in total. The number of rotatable bonds is 6. The van der Waals surface area contributed by atoms with Crippen molar-refractivity contribution in [2.75, 3.05) is 23.0 Å². The van der Waals surface area contributed by atoms with Crippen LogP contribution in [0.5, 0.6) is 0 Å². The number of aryl methyl sites for hydroxylation is 1. The number of halogens is 1. The number of nitrogens with zero attached hydrogens (tertiary/aromatic N) is 1. The van der Waals surface area contributed by atoms with Crippen LogP contribution in [0.15, 0.2) is 63.7 Å². The zero-order valence-corrected chi connectivity index (χ0v) is 19.1. The van der Waals surface area contributed by atoms with Gasteiger partial charge in [-0.1, -0.05) is 39.8 Å². The van der Waals surface area contributed by atoms with Gasteiger partial charge in [0.1, 0.15) is 0 Å². The summed E-state index contributed by atoms with van der Waals surface area (Å²) in [7, 11) is 0. The Morgan fingerprint density at radius 3 is 2.80 bits per heavy atom. The number of amides is 1. The third-order valence-electron chi connectivity index (χ3n) is 4.16. The molecule has 0 bridgehead atoms. The van der Waals surface area contributed by atoms with Gasteiger partial charge in [-0.25, -0.2) is 4.99 Å². The maximum Gasteiger partial charge on any atom is 0.311 e. The maximum absolute atomic E-state index is 12.4. The summed E-state index contributed by atoms with van der Waals surface area (Å²) >= 11 is 4.77. The summed E-state index contributed by atoms with van der Waals surface area (Å²) in [5, 5.41) is 6.79. The summed E-state index contributed by atoms with van der Waals surface area (Å²) < 4.78 is 6.05. The SMILES string of the molecule is CCOC(=O)CC1=CC(SCC(=O)Nc2ccc(Br)c(C)c2)=Nc2ccccc2N1. The lowest BCUT2D eigenvalue weighted by atomic mass is 10.2. The molecule has 2 aromatic rings. The molecule has 156 valence electrons. The fourth-order valence-corrected chi connectivity index (χ4v) is 3.77. The number of benzene rings is 2. The van der Waals surface area contributed by atoms with E-state index in [-0.39, 0.29) is 24.1 Å². The van der Waals surface area contributed by atoms with E-state index < -0.39 is 0 Å². The molecule has 0 aromatic heterocycles. The molecule has 0 unspecified atom stereocenters. The van der Waals surface area contributed by atoms with Crippen LogP contribution >= 0.6 is 27.7 Å². The summed E-state index contributed by atoms with van der Waals surface area (Å²) in [5.41, 5.74) is 4.02. The van der Waals surface area contributed by atoms with E-state index in [2.05, 4.69) is 31.6 Å².